The first kappa shape index (κ1) is 19.1. The Balaban J connectivity index is 1.75. The zero-order valence-electron chi connectivity index (χ0n) is 15.8. The topological polar surface area (TPSA) is 78.9 Å². The number of halogens is 1. The molecule has 2 heterocycles. The number of nitriles is 1. The van der Waals surface area contributed by atoms with Gasteiger partial charge in [-0.15, -0.1) is 0 Å². The van der Waals surface area contributed by atoms with Gasteiger partial charge >= 0.3 is 5.97 Å². The number of pyridine rings is 1. The van der Waals surface area contributed by atoms with Crippen molar-refractivity contribution in [2.75, 3.05) is 0 Å². The van der Waals surface area contributed by atoms with Gasteiger partial charge in [0, 0.05) is 29.9 Å². The number of carboxylic acid groups (broad SMARTS) is 1. The fourth-order valence-corrected chi connectivity index (χ4v) is 3.30. The van der Waals surface area contributed by atoms with Gasteiger partial charge in [-0.2, -0.15) is 5.26 Å². The number of aromatic carboxylic acids is 1. The van der Waals surface area contributed by atoms with Gasteiger partial charge in [0.25, 0.3) is 0 Å². The molecule has 0 bridgehead atoms. The summed E-state index contributed by atoms with van der Waals surface area (Å²) in [4.78, 5) is 15.5. The minimum atomic E-state index is -1.01. The van der Waals surface area contributed by atoms with Crippen LogP contribution in [0.15, 0.2) is 73.1 Å². The van der Waals surface area contributed by atoms with Crippen molar-refractivity contribution in [3.8, 4) is 6.07 Å². The van der Waals surface area contributed by atoms with E-state index in [9.17, 15) is 14.4 Å². The standard InChI is InChI=1S/C24H16FN3O2/c25-21-9-3-16(4-10-21)14-28-15-20(22-2-1-11-27-23(22)28)12-19(13-26)17-5-7-18(8-6-17)24(29)30/h1-12,15H,14H2,(H,29,30)/b19-12+. The lowest BCUT2D eigenvalue weighted by Crippen LogP contribution is -1.99. The van der Waals surface area contributed by atoms with E-state index in [0.717, 1.165) is 22.2 Å². The zero-order valence-corrected chi connectivity index (χ0v) is 15.8. The number of rotatable bonds is 5. The lowest BCUT2D eigenvalue weighted by atomic mass is 10.0. The first-order chi connectivity index (χ1) is 14.5. The smallest absolute Gasteiger partial charge is 0.335 e. The maximum absolute atomic E-state index is 13.2. The molecular weight excluding hydrogens is 381 g/mol. The summed E-state index contributed by atoms with van der Waals surface area (Å²) in [7, 11) is 0. The van der Waals surface area contributed by atoms with Crippen molar-refractivity contribution >= 4 is 28.7 Å². The van der Waals surface area contributed by atoms with Crippen molar-refractivity contribution in [2.24, 2.45) is 0 Å². The van der Waals surface area contributed by atoms with Crippen LogP contribution >= 0.6 is 0 Å². The van der Waals surface area contributed by atoms with Crippen molar-refractivity contribution in [1.82, 2.24) is 9.55 Å². The Morgan fingerprint density at radius 3 is 2.47 bits per heavy atom. The van der Waals surface area contributed by atoms with E-state index in [-0.39, 0.29) is 11.4 Å². The van der Waals surface area contributed by atoms with Crippen LogP contribution in [0.3, 0.4) is 0 Å². The highest BCUT2D eigenvalue weighted by molar-refractivity contribution is 5.97. The van der Waals surface area contributed by atoms with E-state index in [1.54, 1.807) is 36.5 Å². The van der Waals surface area contributed by atoms with Crippen molar-refractivity contribution in [3.05, 3.63) is 101 Å². The van der Waals surface area contributed by atoms with Crippen LogP contribution in [0, 0.1) is 17.1 Å². The first-order valence-electron chi connectivity index (χ1n) is 9.19. The molecular formula is C24H16FN3O2. The molecule has 2 aromatic carbocycles. The Bertz CT molecular complexity index is 1300. The molecule has 4 rings (SSSR count). The molecule has 0 unspecified atom stereocenters. The van der Waals surface area contributed by atoms with E-state index >= 15 is 0 Å². The molecule has 6 heteroatoms. The summed E-state index contributed by atoms with van der Waals surface area (Å²) in [5.74, 6) is -1.30. The number of hydrogen-bond donors (Lipinski definition) is 1. The third-order valence-electron chi connectivity index (χ3n) is 4.79. The number of benzene rings is 2. The van der Waals surface area contributed by atoms with E-state index in [2.05, 4.69) is 11.1 Å². The lowest BCUT2D eigenvalue weighted by Gasteiger charge is -2.04. The molecule has 0 atom stereocenters. The summed E-state index contributed by atoms with van der Waals surface area (Å²) in [6.07, 6.45) is 5.37. The summed E-state index contributed by atoms with van der Waals surface area (Å²) in [6, 6.07) is 18.4. The number of carboxylic acids is 1. The van der Waals surface area contributed by atoms with Crippen LogP contribution in [0.1, 0.15) is 27.0 Å². The minimum Gasteiger partial charge on any atom is -0.478 e. The average molecular weight is 397 g/mol. The normalized spacial score (nSPS) is 11.4. The molecule has 0 fully saturated rings. The third kappa shape index (κ3) is 3.82. The molecule has 5 nitrogen and oxygen atoms in total. The zero-order chi connectivity index (χ0) is 21.1. The van der Waals surface area contributed by atoms with Gasteiger partial charge in [-0.25, -0.2) is 14.2 Å². The predicted octanol–water partition coefficient (Wildman–Crippen LogP) is 4.99. The number of allylic oxidation sites excluding steroid dienone is 1. The number of hydrogen-bond acceptors (Lipinski definition) is 3. The molecule has 0 saturated heterocycles. The van der Waals surface area contributed by atoms with Gasteiger partial charge in [0.05, 0.1) is 17.2 Å². The van der Waals surface area contributed by atoms with Crippen LogP contribution in [-0.2, 0) is 6.54 Å². The maximum Gasteiger partial charge on any atom is 0.335 e. The fourth-order valence-electron chi connectivity index (χ4n) is 3.30. The number of nitrogens with zero attached hydrogens (tertiary/aromatic N) is 3. The van der Waals surface area contributed by atoms with Gasteiger partial charge in [-0.3, -0.25) is 0 Å². The molecule has 0 spiro atoms. The Morgan fingerprint density at radius 2 is 1.80 bits per heavy atom. The van der Waals surface area contributed by atoms with Crippen LogP contribution in [-0.4, -0.2) is 20.6 Å². The SMILES string of the molecule is N#C/C(=C\c1cn(Cc2ccc(F)cc2)c2ncccc12)c1ccc(C(=O)O)cc1. The molecule has 146 valence electrons. The van der Waals surface area contributed by atoms with Gasteiger partial charge in [-0.05, 0) is 53.6 Å². The van der Waals surface area contributed by atoms with E-state index in [1.807, 2.05) is 22.9 Å². The molecule has 2 aromatic heterocycles. The summed E-state index contributed by atoms with van der Waals surface area (Å²) in [6.45, 7) is 0.511. The average Bonchev–Trinajstić information content (AvgIpc) is 3.11. The highest BCUT2D eigenvalue weighted by atomic mass is 19.1. The second-order valence-electron chi connectivity index (χ2n) is 6.77. The Hall–Kier alpha value is -4.24. The highest BCUT2D eigenvalue weighted by Crippen LogP contribution is 2.26. The van der Waals surface area contributed by atoms with Gasteiger partial charge in [0.15, 0.2) is 0 Å². The van der Waals surface area contributed by atoms with Gasteiger partial charge in [0.2, 0.25) is 0 Å². The molecule has 0 radical (unpaired) electrons. The Kier molecular flexibility index (Phi) is 5.10. The Morgan fingerprint density at radius 1 is 1.10 bits per heavy atom. The maximum atomic E-state index is 13.2. The van der Waals surface area contributed by atoms with Crippen LogP contribution < -0.4 is 0 Å². The van der Waals surface area contributed by atoms with Crippen molar-refractivity contribution < 1.29 is 14.3 Å². The van der Waals surface area contributed by atoms with Crippen LogP contribution in [0.5, 0.6) is 0 Å². The molecule has 0 aliphatic rings. The number of carbonyl (C=O) groups is 1. The minimum absolute atomic E-state index is 0.163. The molecule has 4 aromatic rings. The summed E-state index contributed by atoms with van der Waals surface area (Å²) in [5, 5.41) is 19.6. The van der Waals surface area contributed by atoms with E-state index in [4.69, 9.17) is 5.11 Å². The predicted molar refractivity (Wildman–Crippen MR) is 112 cm³/mol. The molecule has 0 aliphatic carbocycles. The summed E-state index contributed by atoms with van der Waals surface area (Å²) < 4.78 is 15.2. The second-order valence-corrected chi connectivity index (χ2v) is 6.77. The molecule has 0 aliphatic heterocycles. The van der Waals surface area contributed by atoms with Gasteiger partial charge in [-0.1, -0.05) is 24.3 Å². The quantitative estimate of drug-likeness (QED) is 0.482. The van der Waals surface area contributed by atoms with E-state index < -0.39 is 5.97 Å². The number of aromatic nitrogens is 2. The summed E-state index contributed by atoms with van der Waals surface area (Å²) >= 11 is 0. The van der Waals surface area contributed by atoms with Gasteiger partial charge in [0.1, 0.15) is 11.5 Å². The van der Waals surface area contributed by atoms with Gasteiger partial charge < -0.3 is 9.67 Å². The molecule has 0 amide bonds. The van der Waals surface area contributed by atoms with E-state index in [1.165, 1.54) is 24.3 Å². The number of fused-ring (bicyclic) bond motifs is 1. The second kappa shape index (κ2) is 8.02. The molecule has 1 N–H and O–H groups in total. The van der Waals surface area contributed by atoms with E-state index in [0.29, 0.717) is 17.7 Å². The molecule has 30 heavy (non-hydrogen) atoms. The fraction of sp³-hybridized carbons (Fsp3) is 0.0417. The Labute approximate surface area is 172 Å². The first-order valence-corrected chi connectivity index (χ1v) is 9.19. The largest absolute Gasteiger partial charge is 0.478 e. The van der Waals surface area contributed by atoms with Crippen molar-refractivity contribution in [3.63, 3.8) is 0 Å². The lowest BCUT2D eigenvalue weighted by molar-refractivity contribution is 0.0697. The summed E-state index contributed by atoms with van der Waals surface area (Å²) in [5.41, 5.74) is 3.71. The third-order valence-corrected chi connectivity index (χ3v) is 4.79. The monoisotopic (exact) mass is 397 g/mol. The van der Waals surface area contributed by atoms with Crippen LogP contribution in [0.2, 0.25) is 0 Å². The van der Waals surface area contributed by atoms with Crippen LogP contribution in [0.25, 0.3) is 22.7 Å². The molecule has 0 saturated carbocycles. The van der Waals surface area contributed by atoms with Crippen LogP contribution in [0.4, 0.5) is 4.39 Å². The highest BCUT2D eigenvalue weighted by Gasteiger charge is 2.11. The van der Waals surface area contributed by atoms with Crippen molar-refractivity contribution in [2.45, 2.75) is 6.54 Å². The van der Waals surface area contributed by atoms with Crippen molar-refractivity contribution in [1.29, 1.82) is 5.26 Å².